The number of benzene rings is 1. The number of nitrogens with zero attached hydrogens (tertiary/aromatic N) is 3. The van der Waals surface area contributed by atoms with E-state index in [1.54, 1.807) is 0 Å². The fourth-order valence-corrected chi connectivity index (χ4v) is 2.23. The molecule has 0 saturated heterocycles. The molecule has 5 heteroatoms. The zero-order valence-corrected chi connectivity index (χ0v) is 12.7. The van der Waals surface area contributed by atoms with E-state index in [0.717, 1.165) is 25.2 Å². The van der Waals surface area contributed by atoms with E-state index in [1.165, 1.54) is 5.56 Å². The van der Waals surface area contributed by atoms with Gasteiger partial charge in [-0.15, -0.1) is 0 Å². The van der Waals surface area contributed by atoms with Crippen LogP contribution in [0.1, 0.15) is 37.5 Å². The quantitative estimate of drug-likeness (QED) is 0.808. The van der Waals surface area contributed by atoms with Gasteiger partial charge in [-0.1, -0.05) is 42.4 Å². The molecule has 2 rings (SSSR count). The van der Waals surface area contributed by atoms with Crippen LogP contribution >= 0.6 is 0 Å². The second-order valence-electron chi connectivity index (χ2n) is 5.21. The van der Waals surface area contributed by atoms with E-state index in [4.69, 9.17) is 4.52 Å². The van der Waals surface area contributed by atoms with Gasteiger partial charge in [-0.25, -0.2) is 0 Å². The maximum atomic E-state index is 9.18. The van der Waals surface area contributed by atoms with Gasteiger partial charge in [0.25, 0.3) is 0 Å². The topological polar surface area (TPSA) is 62.4 Å². The van der Waals surface area contributed by atoms with Gasteiger partial charge in [-0.05, 0) is 18.9 Å². The lowest BCUT2D eigenvalue weighted by molar-refractivity contribution is 0.137. The molecule has 21 heavy (non-hydrogen) atoms. The molecule has 0 amide bonds. The van der Waals surface area contributed by atoms with Crippen molar-refractivity contribution in [2.24, 2.45) is 0 Å². The molecule has 1 heterocycles. The minimum atomic E-state index is 0.177. The maximum Gasteiger partial charge on any atom is 0.240 e. The van der Waals surface area contributed by atoms with Gasteiger partial charge in [0.1, 0.15) is 0 Å². The fraction of sp³-hybridized carbons (Fsp3) is 0.500. The van der Waals surface area contributed by atoms with Crippen LogP contribution in [0.5, 0.6) is 0 Å². The standard InChI is InChI=1S/C16H23N3O2/c1-3-15-17-16(21-18-15)12-19(13(2)9-10-20)11-14-7-5-4-6-8-14/h4-8,13,20H,3,9-12H2,1-2H3. The van der Waals surface area contributed by atoms with Gasteiger partial charge in [-0.2, -0.15) is 4.98 Å². The molecule has 1 aromatic heterocycles. The summed E-state index contributed by atoms with van der Waals surface area (Å²) in [5.74, 6) is 1.37. The minimum Gasteiger partial charge on any atom is -0.396 e. The molecular weight excluding hydrogens is 266 g/mol. The van der Waals surface area contributed by atoms with Crippen LogP contribution in [-0.4, -0.2) is 32.8 Å². The first-order valence-corrected chi connectivity index (χ1v) is 7.43. The first-order chi connectivity index (χ1) is 10.2. The zero-order chi connectivity index (χ0) is 15.1. The van der Waals surface area contributed by atoms with E-state index in [0.29, 0.717) is 12.4 Å². The molecule has 5 nitrogen and oxygen atoms in total. The summed E-state index contributed by atoms with van der Waals surface area (Å²) in [6, 6.07) is 10.5. The third-order valence-electron chi connectivity index (χ3n) is 3.56. The van der Waals surface area contributed by atoms with Crippen molar-refractivity contribution >= 4 is 0 Å². The number of aryl methyl sites for hydroxylation is 1. The van der Waals surface area contributed by atoms with E-state index >= 15 is 0 Å². The normalized spacial score (nSPS) is 12.8. The SMILES string of the molecule is CCc1noc(CN(Cc2ccccc2)C(C)CCO)n1. The smallest absolute Gasteiger partial charge is 0.240 e. The fourth-order valence-electron chi connectivity index (χ4n) is 2.23. The Bertz CT molecular complexity index is 527. The van der Waals surface area contributed by atoms with Crippen molar-refractivity contribution in [2.45, 2.75) is 45.8 Å². The first kappa shape index (κ1) is 15.7. The Hall–Kier alpha value is -1.72. The number of rotatable bonds is 8. The second kappa shape index (κ2) is 7.90. The monoisotopic (exact) mass is 289 g/mol. The summed E-state index contributed by atoms with van der Waals surface area (Å²) in [6.07, 6.45) is 1.50. The van der Waals surface area contributed by atoms with Gasteiger partial charge >= 0.3 is 0 Å². The number of hydrogen-bond acceptors (Lipinski definition) is 5. The lowest BCUT2D eigenvalue weighted by atomic mass is 10.1. The summed E-state index contributed by atoms with van der Waals surface area (Å²) in [5, 5.41) is 13.1. The molecule has 114 valence electrons. The Morgan fingerprint density at radius 3 is 2.62 bits per heavy atom. The van der Waals surface area contributed by atoms with Gasteiger partial charge in [0.2, 0.25) is 5.89 Å². The van der Waals surface area contributed by atoms with Crippen molar-refractivity contribution in [1.29, 1.82) is 0 Å². The highest BCUT2D eigenvalue weighted by Crippen LogP contribution is 2.14. The predicted octanol–water partition coefficient (Wildman–Crippen LogP) is 2.41. The highest BCUT2D eigenvalue weighted by atomic mass is 16.5. The lowest BCUT2D eigenvalue weighted by Gasteiger charge is -2.27. The molecule has 0 saturated carbocycles. The van der Waals surface area contributed by atoms with E-state index in [9.17, 15) is 5.11 Å². The molecule has 0 radical (unpaired) electrons. The Kier molecular flexibility index (Phi) is 5.90. The molecule has 0 fully saturated rings. The van der Waals surface area contributed by atoms with Crippen molar-refractivity contribution in [3.05, 3.63) is 47.6 Å². The Morgan fingerprint density at radius 1 is 1.24 bits per heavy atom. The van der Waals surface area contributed by atoms with Crippen LogP contribution in [0.15, 0.2) is 34.9 Å². The Balaban J connectivity index is 2.07. The minimum absolute atomic E-state index is 0.177. The van der Waals surface area contributed by atoms with Crippen LogP contribution < -0.4 is 0 Å². The van der Waals surface area contributed by atoms with Crippen LogP contribution in [0, 0.1) is 0 Å². The summed E-state index contributed by atoms with van der Waals surface area (Å²) in [6.45, 7) is 5.69. The number of aliphatic hydroxyl groups excluding tert-OH is 1. The lowest BCUT2D eigenvalue weighted by Crippen LogP contribution is -2.33. The third kappa shape index (κ3) is 4.65. The van der Waals surface area contributed by atoms with Gasteiger partial charge in [0.05, 0.1) is 6.54 Å². The number of hydrogen-bond donors (Lipinski definition) is 1. The summed E-state index contributed by atoms with van der Waals surface area (Å²) < 4.78 is 5.29. The van der Waals surface area contributed by atoms with Crippen molar-refractivity contribution < 1.29 is 9.63 Å². The average Bonchev–Trinajstić information content (AvgIpc) is 2.95. The van der Waals surface area contributed by atoms with Crippen LogP contribution in [-0.2, 0) is 19.5 Å². The molecule has 0 aliphatic rings. The van der Waals surface area contributed by atoms with Gasteiger partial charge in [0, 0.05) is 25.6 Å². The zero-order valence-electron chi connectivity index (χ0n) is 12.7. The van der Waals surface area contributed by atoms with Crippen LogP contribution in [0.25, 0.3) is 0 Å². The molecule has 0 aliphatic heterocycles. The molecule has 1 unspecified atom stereocenters. The van der Waals surface area contributed by atoms with Crippen LogP contribution in [0.4, 0.5) is 0 Å². The third-order valence-corrected chi connectivity index (χ3v) is 3.56. The summed E-state index contributed by atoms with van der Waals surface area (Å²) in [5.41, 5.74) is 1.23. The van der Waals surface area contributed by atoms with E-state index in [1.807, 2.05) is 25.1 Å². The van der Waals surface area contributed by atoms with Gasteiger partial charge in [-0.3, -0.25) is 4.90 Å². The van der Waals surface area contributed by atoms with Gasteiger partial charge < -0.3 is 9.63 Å². The Labute approximate surface area is 125 Å². The average molecular weight is 289 g/mol. The number of aliphatic hydroxyl groups is 1. The molecule has 1 aromatic carbocycles. The van der Waals surface area contributed by atoms with Crippen LogP contribution in [0.3, 0.4) is 0 Å². The summed E-state index contributed by atoms with van der Waals surface area (Å²) in [4.78, 5) is 6.62. The van der Waals surface area contributed by atoms with Gasteiger partial charge in [0.15, 0.2) is 5.82 Å². The van der Waals surface area contributed by atoms with E-state index in [-0.39, 0.29) is 12.6 Å². The largest absolute Gasteiger partial charge is 0.396 e. The molecule has 1 atom stereocenters. The first-order valence-electron chi connectivity index (χ1n) is 7.43. The van der Waals surface area contributed by atoms with E-state index < -0.39 is 0 Å². The predicted molar refractivity (Wildman–Crippen MR) is 80.5 cm³/mol. The molecule has 1 N–H and O–H groups in total. The molecule has 0 spiro atoms. The molecule has 2 aromatic rings. The highest BCUT2D eigenvalue weighted by Gasteiger charge is 2.17. The maximum absolute atomic E-state index is 9.18. The van der Waals surface area contributed by atoms with Crippen molar-refractivity contribution in [2.75, 3.05) is 6.61 Å². The van der Waals surface area contributed by atoms with Crippen molar-refractivity contribution in [3.8, 4) is 0 Å². The van der Waals surface area contributed by atoms with E-state index in [2.05, 4.69) is 34.1 Å². The highest BCUT2D eigenvalue weighted by molar-refractivity contribution is 5.14. The van der Waals surface area contributed by atoms with Crippen LogP contribution in [0.2, 0.25) is 0 Å². The van der Waals surface area contributed by atoms with Crippen molar-refractivity contribution in [3.63, 3.8) is 0 Å². The Morgan fingerprint density at radius 2 is 2.00 bits per heavy atom. The molecular formula is C16H23N3O2. The second-order valence-corrected chi connectivity index (χ2v) is 5.21. The molecule has 0 aliphatic carbocycles. The summed E-state index contributed by atoms with van der Waals surface area (Å²) >= 11 is 0. The number of aromatic nitrogens is 2. The molecule has 0 bridgehead atoms. The van der Waals surface area contributed by atoms with Crippen molar-refractivity contribution in [1.82, 2.24) is 15.0 Å². The summed E-state index contributed by atoms with van der Waals surface area (Å²) in [7, 11) is 0.